The second-order valence-electron chi connectivity index (χ2n) is 5.85. The van der Waals surface area contributed by atoms with Crippen LogP contribution in [0.15, 0.2) is 46.0 Å². The lowest BCUT2D eigenvalue weighted by Crippen LogP contribution is -1.96. The third kappa shape index (κ3) is 4.45. The third-order valence-electron chi connectivity index (χ3n) is 4.04. The summed E-state index contributed by atoms with van der Waals surface area (Å²) in [6, 6.07) is 10.7. The Bertz CT molecular complexity index is 964. The second-order valence-corrected chi connectivity index (χ2v) is 6.77. The Hall–Kier alpha value is -3.00. The molecule has 1 aromatic heterocycles. The summed E-state index contributed by atoms with van der Waals surface area (Å²) in [5.74, 6) is 2.85. The summed E-state index contributed by atoms with van der Waals surface area (Å²) in [6.45, 7) is 1.53. The number of carbonyl (C=O) groups excluding carboxylic acids is 1. The Morgan fingerprint density at radius 1 is 1.00 bits per heavy atom. The Morgan fingerprint density at radius 2 is 1.71 bits per heavy atom. The molecule has 28 heavy (non-hydrogen) atoms. The Kier molecular flexibility index (Phi) is 6.20. The summed E-state index contributed by atoms with van der Waals surface area (Å²) in [7, 11) is 4.75. The van der Waals surface area contributed by atoms with E-state index < -0.39 is 0 Å². The fourth-order valence-corrected chi connectivity index (χ4v) is 3.31. The smallest absolute Gasteiger partial charge is 0.277 e. The van der Waals surface area contributed by atoms with E-state index in [4.69, 9.17) is 18.6 Å². The van der Waals surface area contributed by atoms with Gasteiger partial charge in [0.1, 0.15) is 17.2 Å². The van der Waals surface area contributed by atoms with Crippen LogP contribution >= 0.6 is 11.8 Å². The van der Waals surface area contributed by atoms with Gasteiger partial charge in [-0.05, 0) is 37.3 Å². The van der Waals surface area contributed by atoms with Crippen molar-refractivity contribution in [1.29, 1.82) is 0 Å². The van der Waals surface area contributed by atoms with Crippen LogP contribution in [0.3, 0.4) is 0 Å². The minimum absolute atomic E-state index is 0.000881. The van der Waals surface area contributed by atoms with Crippen LogP contribution in [0, 0.1) is 0 Å². The zero-order chi connectivity index (χ0) is 20.1. The highest BCUT2D eigenvalue weighted by Gasteiger charge is 2.14. The van der Waals surface area contributed by atoms with Gasteiger partial charge in [0.25, 0.3) is 5.22 Å². The van der Waals surface area contributed by atoms with Crippen molar-refractivity contribution in [3.63, 3.8) is 0 Å². The number of ketones is 1. The third-order valence-corrected chi connectivity index (χ3v) is 4.91. The Balaban J connectivity index is 1.79. The van der Waals surface area contributed by atoms with Crippen LogP contribution in [0.4, 0.5) is 0 Å². The monoisotopic (exact) mass is 400 g/mol. The number of ether oxygens (including phenoxy) is 3. The second kappa shape index (κ2) is 8.79. The zero-order valence-corrected chi connectivity index (χ0v) is 16.8. The average molecular weight is 400 g/mol. The molecule has 0 radical (unpaired) electrons. The van der Waals surface area contributed by atoms with Crippen LogP contribution in [0.2, 0.25) is 0 Å². The topological polar surface area (TPSA) is 83.7 Å². The van der Waals surface area contributed by atoms with Gasteiger partial charge in [-0.25, -0.2) is 0 Å². The van der Waals surface area contributed by atoms with Gasteiger partial charge >= 0.3 is 0 Å². The average Bonchev–Trinajstić information content (AvgIpc) is 3.20. The van der Waals surface area contributed by atoms with E-state index in [1.807, 2.05) is 6.07 Å². The molecular weight excluding hydrogens is 380 g/mol. The molecule has 3 aromatic rings. The first kappa shape index (κ1) is 19.8. The van der Waals surface area contributed by atoms with Crippen molar-refractivity contribution < 1.29 is 23.4 Å². The fraction of sp³-hybridized carbons (Fsp3) is 0.250. The van der Waals surface area contributed by atoms with Crippen molar-refractivity contribution in [2.24, 2.45) is 0 Å². The molecule has 0 amide bonds. The predicted octanol–water partition coefficient (Wildman–Crippen LogP) is 4.26. The van der Waals surface area contributed by atoms with Crippen molar-refractivity contribution in [1.82, 2.24) is 10.2 Å². The maximum atomic E-state index is 11.6. The Morgan fingerprint density at radius 3 is 2.32 bits per heavy atom. The first-order valence-corrected chi connectivity index (χ1v) is 9.40. The molecule has 0 spiro atoms. The lowest BCUT2D eigenvalue weighted by molar-refractivity contribution is 0.101. The van der Waals surface area contributed by atoms with Crippen LogP contribution in [0.5, 0.6) is 17.2 Å². The normalized spacial score (nSPS) is 10.6. The molecule has 146 valence electrons. The number of rotatable bonds is 8. The van der Waals surface area contributed by atoms with Gasteiger partial charge < -0.3 is 18.6 Å². The molecule has 8 heteroatoms. The summed E-state index contributed by atoms with van der Waals surface area (Å²) in [6.07, 6.45) is 0. The number of benzene rings is 2. The highest BCUT2D eigenvalue weighted by Crippen LogP contribution is 2.32. The molecule has 0 aliphatic heterocycles. The van der Waals surface area contributed by atoms with Gasteiger partial charge in [0.15, 0.2) is 5.78 Å². The fourth-order valence-electron chi connectivity index (χ4n) is 2.57. The van der Waals surface area contributed by atoms with Crippen LogP contribution in [-0.2, 0) is 5.75 Å². The van der Waals surface area contributed by atoms with Gasteiger partial charge in [-0.15, -0.1) is 10.2 Å². The molecule has 0 saturated heterocycles. The van der Waals surface area contributed by atoms with Crippen molar-refractivity contribution in [2.75, 3.05) is 21.3 Å². The molecule has 0 fully saturated rings. The lowest BCUT2D eigenvalue weighted by Gasteiger charge is -2.08. The molecule has 0 bridgehead atoms. The number of hydrogen-bond acceptors (Lipinski definition) is 8. The predicted molar refractivity (Wildman–Crippen MR) is 105 cm³/mol. The minimum Gasteiger partial charge on any atom is -0.497 e. The van der Waals surface area contributed by atoms with Crippen molar-refractivity contribution in [3.8, 4) is 28.7 Å². The molecule has 0 aliphatic rings. The van der Waals surface area contributed by atoms with E-state index in [9.17, 15) is 4.79 Å². The van der Waals surface area contributed by atoms with E-state index in [0.29, 0.717) is 45.2 Å². The van der Waals surface area contributed by atoms with Crippen molar-refractivity contribution in [3.05, 3.63) is 47.5 Å². The van der Waals surface area contributed by atoms with E-state index in [1.165, 1.54) is 18.7 Å². The van der Waals surface area contributed by atoms with E-state index in [-0.39, 0.29) is 5.78 Å². The summed E-state index contributed by atoms with van der Waals surface area (Å²) in [5, 5.41) is 8.60. The van der Waals surface area contributed by atoms with Gasteiger partial charge in [0.05, 0.1) is 21.3 Å². The molecule has 1 heterocycles. The van der Waals surface area contributed by atoms with Gasteiger partial charge in [0, 0.05) is 28.5 Å². The first-order valence-electron chi connectivity index (χ1n) is 8.41. The SMILES string of the molecule is COc1cc(OC)cc(-c2nnc(SCc3cc(C(C)=O)ccc3OC)o2)c1. The van der Waals surface area contributed by atoms with E-state index in [2.05, 4.69) is 10.2 Å². The van der Waals surface area contributed by atoms with Gasteiger partial charge in [0.2, 0.25) is 5.89 Å². The van der Waals surface area contributed by atoms with Crippen LogP contribution in [-0.4, -0.2) is 37.3 Å². The molecular formula is C20H20N2O5S. The maximum Gasteiger partial charge on any atom is 0.277 e. The molecule has 0 unspecified atom stereocenters. The van der Waals surface area contributed by atoms with Gasteiger partial charge in [-0.2, -0.15) is 0 Å². The maximum absolute atomic E-state index is 11.6. The largest absolute Gasteiger partial charge is 0.497 e. The lowest BCUT2D eigenvalue weighted by atomic mass is 10.1. The molecule has 0 aliphatic carbocycles. The number of aromatic nitrogens is 2. The van der Waals surface area contributed by atoms with Crippen molar-refractivity contribution >= 4 is 17.5 Å². The standard InChI is InChI=1S/C20H20N2O5S/c1-12(23)13-5-6-18(26-4)15(7-13)11-28-20-22-21-19(27-20)14-8-16(24-2)10-17(9-14)25-3/h5-10H,11H2,1-4H3. The van der Waals surface area contributed by atoms with E-state index in [1.54, 1.807) is 51.7 Å². The number of hydrogen-bond donors (Lipinski definition) is 0. The molecule has 0 atom stereocenters. The number of carbonyl (C=O) groups is 1. The number of Topliss-reactive ketones (excluding diaryl/α,β-unsaturated/α-hetero) is 1. The van der Waals surface area contributed by atoms with Gasteiger partial charge in [-0.3, -0.25) is 4.79 Å². The minimum atomic E-state index is 0.000881. The highest BCUT2D eigenvalue weighted by atomic mass is 32.2. The van der Waals surface area contributed by atoms with E-state index in [0.717, 1.165) is 5.56 Å². The van der Waals surface area contributed by atoms with Crippen molar-refractivity contribution in [2.45, 2.75) is 17.9 Å². The van der Waals surface area contributed by atoms with Gasteiger partial charge in [-0.1, -0.05) is 11.8 Å². The van der Waals surface area contributed by atoms with Crippen LogP contribution < -0.4 is 14.2 Å². The summed E-state index contributed by atoms with van der Waals surface area (Å²) < 4.78 is 21.7. The molecule has 7 nitrogen and oxygen atoms in total. The highest BCUT2D eigenvalue weighted by molar-refractivity contribution is 7.98. The number of methoxy groups -OCH3 is 3. The van der Waals surface area contributed by atoms with E-state index >= 15 is 0 Å². The zero-order valence-electron chi connectivity index (χ0n) is 16.0. The number of nitrogens with zero attached hydrogens (tertiary/aromatic N) is 2. The summed E-state index contributed by atoms with van der Waals surface area (Å²) >= 11 is 1.36. The van der Waals surface area contributed by atoms with Crippen LogP contribution in [0.1, 0.15) is 22.8 Å². The summed E-state index contributed by atoms with van der Waals surface area (Å²) in [4.78, 5) is 11.6. The molecule has 3 rings (SSSR count). The Labute approximate surface area is 167 Å². The first-order chi connectivity index (χ1) is 13.5. The van der Waals surface area contributed by atoms with Crippen LogP contribution in [0.25, 0.3) is 11.5 Å². The molecule has 2 aromatic carbocycles. The molecule has 0 N–H and O–H groups in total. The number of thioether (sulfide) groups is 1. The summed E-state index contributed by atoms with van der Waals surface area (Å²) in [5.41, 5.74) is 2.21. The quantitative estimate of drug-likeness (QED) is 0.410. The molecule has 0 saturated carbocycles.